The van der Waals surface area contributed by atoms with Gasteiger partial charge in [-0.3, -0.25) is 0 Å². The predicted molar refractivity (Wildman–Crippen MR) is 60.0 cm³/mol. The summed E-state index contributed by atoms with van der Waals surface area (Å²) in [5.41, 5.74) is 1.28. The molecule has 3 heteroatoms. The van der Waals surface area contributed by atoms with Crippen LogP contribution in [-0.2, 0) is 0 Å². The number of hydrogen-bond acceptors (Lipinski definition) is 3. The van der Waals surface area contributed by atoms with Gasteiger partial charge in [0.15, 0.2) is 0 Å². The molecule has 1 aromatic heterocycles. The third-order valence-corrected chi connectivity index (χ3v) is 3.88. The standard InChI is InChI=1S/C10H10OS2/c1-6-3-10-7(4-9(6)12-2)8(11)5-13-10/h3-5,11H,1-2H3. The highest BCUT2D eigenvalue weighted by Gasteiger charge is 2.05. The molecule has 0 unspecified atom stereocenters. The zero-order chi connectivity index (χ0) is 9.42. The van der Waals surface area contributed by atoms with Crippen molar-refractivity contribution in [3.63, 3.8) is 0 Å². The molecule has 1 nitrogen and oxygen atoms in total. The van der Waals surface area contributed by atoms with Crippen LogP contribution in [0.5, 0.6) is 5.75 Å². The zero-order valence-corrected chi connectivity index (χ0v) is 9.13. The second kappa shape index (κ2) is 3.24. The third-order valence-electron chi connectivity index (χ3n) is 2.07. The molecular weight excluding hydrogens is 200 g/mol. The summed E-state index contributed by atoms with van der Waals surface area (Å²) in [4.78, 5) is 1.24. The molecule has 0 saturated carbocycles. The van der Waals surface area contributed by atoms with Gasteiger partial charge in [0.25, 0.3) is 0 Å². The number of thioether (sulfide) groups is 1. The number of benzene rings is 1. The lowest BCUT2D eigenvalue weighted by molar-refractivity contribution is 0.483. The lowest BCUT2D eigenvalue weighted by Crippen LogP contribution is -1.77. The van der Waals surface area contributed by atoms with Gasteiger partial charge in [-0.05, 0) is 30.9 Å². The average Bonchev–Trinajstić information content (AvgIpc) is 2.46. The molecule has 0 atom stereocenters. The van der Waals surface area contributed by atoms with Crippen LogP contribution < -0.4 is 0 Å². The third kappa shape index (κ3) is 1.42. The van der Waals surface area contributed by atoms with Crippen LogP contribution >= 0.6 is 23.1 Å². The fourth-order valence-electron chi connectivity index (χ4n) is 1.36. The number of fused-ring (bicyclic) bond motifs is 1. The van der Waals surface area contributed by atoms with Crippen molar-refractivity contribution in [1.29, 1.82) is 0 Å². The monoisotopic (exact) mass is 210 g/mol. The first-order valence-corrected chi connectivity index (χ1v) is 6.07. The van der Waals surface area contributed by atoms with E-state index in [0.29, 0.717) is 5.75 Å². The number of hydrogen-bond donors (Lipinski definition) is 1. The fraction of sp³-hybridized carbons (Fsp3) is 0.200. The summed E-state index contributed by atoms with van der Waals surface area (Å²) in [6, 6.07) is 4.19. The van der Waals surface area contributed by atoms with E-state index in [2.05, 4.69) is 25.3 Å². The summed E-state index contributed by atoms with van der Waals surface area (Å²) in [6.45, 7) is 2.10. The molecule has 2 rings (SSSR count). The van der Waals surface area contributed by atoms with Crippen molar-refractivity contribution in [2.75, 3.05) is 6.26 Å². The van der Waals surface area contributed by atoms with E-state index in [1.807, 2.05) is 0 Å². The van der Waals surface area contributed by atoms with Crippen LogP contribution in [-0.4, -0.2) is 11.4 Å². The number of thiophene rings is 1. The van der Waals surface area contributed by atoms with Crippen LogP contribution in [0.15, 0.2) is 22.4 Å². The minimum atomic E-state index is 0.398. The summed E-state index contributed by atoms with van der Waals surface area (Å²) < 4.78 is 1.16. The van der Waals surface area contributed by atoms with E-state index < -0.39 is 0 Å². The van der Waals surface area contributed by atoms with Crippen molar-refractivity contribution in [3.8, 4) is 5.75 Å². The molecule has 0 aliphatic carbocycles. The molecule has 68 valence electrons. The van der Waals surface area contributed by atoms with E-state index in [4.69, 9.17) is 0 Å². The van der Waals surface area contributed by atoms with Crippen molar-refractivity contribution in [2.45, 2.75) is 11.8 Å². The Hall–Kier alpha value is -0.670. The summed E-state index contributed by atoms with van der Waals surface area (Å²) >= 11 is 3.30. The highest BCUT2D eigenvalue weighted by molar-refractivity contribution is 7.98. The van der Waals surface area contributed by atoms with Gasteiger partial charge in [-0.25, -0.2) is 0 Å². The molecule has 0 bridgehead atoms. The van der Waals surface area contributed by atoms with Crippen molar-refractivity contribution in [1.82, 2.24) is 0 Å². The highest BCUT2D eigenvalue weighted by Crippen LogP contribution is 2.35. The average molecular weight is 210 g/mol. The van der Waals surface area contributed by atoms with Gasteiger partial charge >= 0.3 is 0 Å². The van der Waals surface area contributed by atoms with E-state index in [0.717, 1.165) is 10.1 Å². The Morgan fingerprint density at radius 1 is 1.38 bits per heavy atom. The first-order chi connectivity index (χ1) is 6.22. The molecule has 0 aliphatic heterocycles. The van der Waals surface area contributed by atoms with Gasteiger partial charge in [0.05, 0.1) is 0 Å². The summed E-state index contributed by atoms with van der Waals surface area (Å²) in [6.07, 6.45) is 2.05. The summed E-state index contributed by atoms with van der Waals surface area (Å²) in [5.74, 6) is 0.398. The summed E-state index contributed by atoms with van der Waals surface area (Å²) in [7, 11) is 0. The molecule has 1 heterocycles. The maximum atomic E-state index is 9.52. The minimum absolute atomic E-state index is 0.398. The van der Waals surface area contributed by atoms with Crippen molar-refractivity contribution in [2.24, 2.45) is 0 Å². The highest BCUT2D eigenvalue weighted by atomic mass is 32.2. The Morgan fingerprint density at radius 2 is 2.15 bits per heavy atom. The van der Waals surface area contributed by atoms with Crippen LogP contribution in [0.4, 0.5) is 0 Å². The Labute approximate surface area is 85.4 Å². The van der Waals surface area contributed by atoms with Gasteiger partial charge < -0.3 is 5.11 Å². The Morgan fingerprint density at radius 3 is 2.85 bits per heavy atom. The Balaban J connectivity index is 2.77. The van der Waals surface area contributed by atoms with Crippen LogP contribution in [0.1, 0.15) is 5.56 Å². The molecular formula is C10H10OS2. The molecule has 0 amide bonds. The molecule has 1 aromatic carbocycles. The molecule has 1 N–H and O–H groups in total. The van der Waals surface area contributed by atoms with E-state index in [-0.39, 0.29) is 0 Å². The van der Waals surface area contributed by atoms with Gasteiger partial charge in [0, 0.05) is 20.4 Å². The number of aryl methyl sites for hydroxylation is 1. The first-order valence-electron chi connectivity index (χ1n) is 3.97. The molecule has 0 spiro atoms. The largest absolute Gasteiger partial charge is 0.506 e. The van der Waals surface area contributed by atoms with E-state index in [1.165, 1.54) is 10.5 Å². The van der Waals surface area contributed by atoms with Crippen LogP contribution in [0.3, 0.4) is 0 Å². The first kappa shape index (κ1) is 8.91. The van der Waals surface area contributed by atoms with Gasteiger partial charge in [0.2, 0.25) is 0 Å². The van der Waals surface area contributed by atoms with E-state index in [1.54, 1.807) is 28.5 Å². The Bertz CT molecular complexity index is 445. The molecule has 0 aliphatic rings. The minimum Gasteiger partial charge on any atom is -0.506 e. The number of rotatable bonds is 1. The van der Waals surface area contributed by atoms with Crippen molar-refractivity contribution < 1.29 is 5.11 Å². The maximum absolute atomic E-state index is 9.52. The normalized spacial score (nSPS) is 10.9. The van der Waals surface area contributed by atoms with Gasteiger partial charge in [-0.2, -0.15) is 0 Å². The molecule has 13 heavy (non-hydrogen) atoms. The van der Waals surface area contributed by atoms with E-state index >= 15 is 0 Å². The maximum Gasteiger partial charge on any atom is 0.134 e. The lowest BCUT2D eigenvalue weighted by atomic mass is 10.2. The van der Waals surface area contributed by atoms with Crippen molar-refractivity contribution in [3.05, 3.63) is 23.1 Å². The topological polar surface area (TPSA) is 20.2 Å². The van der Waals surface area contributed by atoms with Gasteiger partial charge in [-0.15, -0.1) is 23.1 Å². The van der Waals surface area contributed by atoms with E-state index in [9.17, 15) is 5.11 Å². The lowest BCUT2D eigenvalue weighted by Gasteiger charge is -2.01. The van der Waals surface area contributed by atoms with Crippen LogP contribution in [0, 0.1) is 6.92 Å². The quantitative estimate of drug-likeness (QED) is 0.725. The smallest absolute Gasteiger partial charge is 0.134 e. The predicted octanol–water partition coefficient (Wildman–Crippen LogP) is 3.64. The SMILES string of the molecule is CSc1cc2c(O)csc2cc1C. The van der Waals surface area contributed by atoms with Crippen LogP contribution in [0.2, 0.25) is 0 Å². The molecule has 2 aromatic rings. The fourth-order valence-corrected chi connectivity index (χ4v) is 2.88. The zero-order valence-electron chi connectivity index (χ0n) is 7.50. The molecule has 0 radical (unpaired) electrons. The molecule has 0 fully saturated rings. The Kier molecular flexibility index (Phi) is 2.22. The number of aromatic hydroxyl groups is 1. The second-order valence-corrected chi connectivity index (χ2v) is 4.70. The van der Waals surface area contributed by atoms with Crippen molar-refractivity contribution >= 4 is 33.2 Å². The summed E-state index contributed by atoms with van der Waals surface area (Å²) in [5, 5.41) is 12.3. The van der Waals surface area contributed by atoms with Gasteiger partial charge in [-0.1, -0.05) is 0 Å². The molecule has 0 saturated heterocycles. The van der Waals surface area contributed by atoms with Gasteiger partial charge in [0.1, 0.15) is 5.75 Å². The van der Waals surface area contributed by atoms with Crippen LogP contribution in [0.25, 0.3) is 10.1 Å². The second-order valence-electron chi connectivity index (χ2n) is 2.94.